The molecule has 1 aromatic rings. The van der Waals surface area contributed by atoms with Gasteiger partial charge < -0.3 is 15.4 Å². The summed E-state index contributed by atoms with van der Waals surface area (Å²) in [5.74, 6) is 0.165. The first-order valence-electron chi connectivity index (χ1n) is 6.48. The molecule has 1 saturated heterocycles. The monoisotopic (exact) mass is 246 g/mol. The predicted octanol–water partition coefficient (Wildman–Crippen LogP) is 0.940. The van der Waals surface area contributed by atoms with Crippen LogP contribution in [0.15, 0.2) is 24.3 Å². The fraction of sp³-hybridized carbons (Fsp3) is 0.500. The Balaban J connectivity index is 1.89. The van der Waals surface area contributed by atoms with E-state index in [1.807, 2.05) is 23.1 Å². The minimum absolute atomic E-state index is 0.00311. The van der Waals surface area contributed by atoms with Crippen LogP contribution in [0, 0.1) is 5.92 Å². The number of benzene rings is 1. The number of nitrogens with two attached hydrogens (primary N) is 1. The van der Waals surface area contributed by atoms with Crippen LogP contribution in [0.1, 0.15) is 12.0 Å². The first-order valence-corrected chi connectivity index (χ1v) is 6.48. The van der Waals surface area contributed by atoms with Gasteiger partial charge in [-0.2, -0.15) is 0 Å². The van der Waals surface area contributed by atoms with Crippen molar-refractivity contribution in [2.24, 2.45) is 11.7 Å². The number of anilines is 1. The van der Waals surface area contributed by atoms with Crippen molar-refractivity contribution in [1.29, 1.82) is 0 Å². The third-order valence-corrected chi connectivity index (χ3v) is 3.73. The molecule has 2 N–H and O–H groups in total. The number of hydrogen-bond donors (Lipinski definition) is 1. The van der Waals surface area contributed by atoms with Gasteiger partial charge in [-0.3, -0.25) is 4.79 Å². The van der Waals surface area contributed by atoms with Gasteiger partial charge in [0.25, 0.3) is 0 Å². The lowest BCUT2D eigenvalue weighted by Gasteiger charge is -2.34. The maximum atomic E-state index is 12.5. The topological polar surface area (TPSA) is 55.6 Å². The molecule has 96 valence electrons. The van der Waals surface area contributed by atoms with E-state index in [0.29, 0.717) is 19.8 Å². The average molecular weight is 246 g/mol. The van der Waals surface area contributed by atoms with Gasteiger partial charge in [0.1, 0.15) is 0 Å². The van der Waals surface area contributed by atoms with Gasteiger partial charge in [0.05, 0.1) is 12.5 Å². The molecular weight excluding hydrogens is 228 g/mol. The van der Waals surface area contributed by atoms with Crippen LogP contribution in [0.5, 0.6) is 0 Å². The van der Waals surface area contributed by atoms with E-state index < -0.39 is 0 Å². The van der Waals surface area contributed by atoms with Crippen LogP contribution in [0.2, 0.25) is 0 Å². The summed E-state index contributed by atoms with van der Waals surface area (Å²) in [4.78, 5) is 14.3. The highest BCUT2D eigenvalue weighted by Gasteiger charge is 2.32. The molecule has 0 spiro atoms. The zero-order valence-electron chi connectivity index (χ0n) is 10.3. The molecule has 3 rings (SSSR count). The molecule has 1 aromatic carbocycles. The second kappa shape index (κ2) is 4.71. The summed E-state index contributed by atoms with van der Waals surface area (Å²) in [6.07, 6.45) is 1.67. The number of nitrogens with zero attached hydrogens (tertiary/aromatic N) is 1. The van der Waals surface area contributed by atoms with E-state index >= 15 is 0 Å². The number of amides is 1. The van der Waals surface area contributed by atoms with Gasteiger partial charge in [0, 0.05) is 24.9 Å². The Bertz CT molecular complexity index is 455. The van der Waals surface area contributed by atoms with Crippen molar-refractivity contribution in [3.05, 3.63) is 29.8 Å². The molecule has 2 heterocycles. The Kier molecular flexibility index (Phi) is 3.06. The van der Waals surface area contributed by atoms with Gasteiger partial charge in [-0.25, -0.2) is 0 Å². The van der Waals surface area contributed by atoms with Crippen LogP contribution in [0.4, 0.5) is 5.69 Å². The summed E-state index contributed by atoms with van der Waals surface area (Å²) in [5, 5.41) is 0. The Morgan fingerprint density at radius 2 is 2.22 bits per heavy atom. The standard InChI is InChI=1S/C14H18N2O2/c15-12-7-10-3-1-2-4-13(10)16(8-12)14(17)11-5-6-18-9-11/h1-4,11-12H,5-9,15H2. The lowest BCUT2D eigenvalue weighted by molar-refractivity contribution is -0.122. The molecular formula is C14H18N2O2. The quantitative estimate of drug-likeness (QED) is 0.802. The van der Waals surface area contributed by atoms with Gasteiger partial charge in [-0.1, -0.05) is 18.2 Å². The van der Waals surface area contributed by atoms with Gasteiger partial charge in [0.2, 0.25) is 5.91 Å². The molecule has 4 heteroatoms. The maximum Gasteiger partial charge on any atom is 0.232 e. The highest BCUT2D eigenvalue weighted by molar-refractivity contribution is 5.96. The molecule has 0 radical (unpaired) electrons. The number of carbonyl (C=O) groups is 1. The van der Waals surface area contributed by atoms with Crippen LogP contribution in [-0.2, 0) is 16.0 Å². The van der Waals surface area contributed by atoms with Crippen molar-refractivity contribution in [3.63, 3.8) is 0 Å². The van der Waals surface area contributed by atoms with Gasteiger partial charge in [-0.15, -0.1) is 0 Å². The first-order chi connectivity index (χ1) is 8.75. The molecule has 2 atom stereocenters. The summed E-state index contributed by atoms with van der Waals surface area (Å²) in [6.45, 7) is 1.86. The molecule has 2 unspecified atom stereocenters. The van der Waals surface area contributed by atoms with Crippen molar-refractivity contribution in [2.75, 3.05) is 24.7 Å². The molecule has 2 aliphatic rings. The van der Waals surface area contributed by atoms with Gasteiger partial charge in [0.15, 0.2) is 0 Å². The van der Waals surface area contributed by atoms with E-state index in [9.17, 15) is 4.79 Å². The third kappa shape index (κ3) is 2.02. The molecule has 4 nitrogen and oxygen atoms in total. The summed E-state index contributed by atoms with van der Waals surface area (Å²) in [7, 11) is 0. The molecule has 18 heavy (non-hydrogen) atoms. The van der Waals surface area contributed by atoms with Crippen molar-refractivity contribution in [1.82, 2.24) is 0 Å². The van der Waals surface area contributed by atoms with E-state index in [-0.39, 0.29) is 17.9 Å². The number of hydrogen-bond acceptors (Lipinski definition) is 3. The van der Waals surface area contributed by atoms with Crippen LogP contribution >= 0.6 is 0 Å². The lowest BCUT2D eigenvalue weighted by atomic mass is 9.96. The lowest BCUT2D eigenvalue weighted by Crippen LogP contribution is -2.48. The molecule has 0 saturated carbocycles. The molecule has 1 fully saturated rings. The minimum atomic E-state index is 0.00311. The SMILES string of the molecule is NC1Cc2ccccc2N(C(=O)C2CCOC2)C1. The van der Waals surface area contributed by atoms with E-state index in [0.717, 1.165) is 18.5 Å². The van der Waals surface area contributed by atoms with Crippen molar-refractivity contribution >= 4 is 11.6 Å². The van der Waals surface area contributed by atoms with Crippen molar-refractivity contribution in [2.45, 2.75) is 18.9 Å². The van der Waals surface area contributed by atoms with Crippen LogP contribution in [0.25, 0.3) is 0 Å². The summed E-state index contributed by atoms with van der Waals surface area (Å²) in [5.41, 5.74) is 8.25. The smallest absolute Gasteiger partial charge is 0.232 e. The van der Waals surface area contributed by atoms with E-state index in [2.05, 4.69) is 6.07 Å². The summed E-state index contributed by atoms with van der Waals surface area (Å²) in [6, 6.07) is 8.07. The first kappa shape index (κ1) is 11.7. The fourth-order valence-electron chi connectivity index (χ4n) is 2.78. The highest BCUT2D eigenvalue weighted by Crippen LogP contribution is 2.29. The van der Waals surface area contributed by atoms with Crippen LogP contribution in [0.3, 0.4) is 0 Å². The largest absolute Gasteiger partial charge is 0.381 e. The zero-order valence-corrected chi connectivity index (χ0v) is 10.3. The Morgan fingerprint density at radius 3 is 3.00 bits per heavy atom. The molecule has 2 aliphatic heterocycles. The molecule has 0 aromatic heterocycles. The van der Waals surface area contributed by atoms with Gasteiger partial charge >= 0.3 is 0 Å². The Labute approximate surface area is 107 Å². The number of fused-ring (bicyclic) bond motifs is 1. The van der Waals surface area contributed by atoms with Gasteiger partial charge in [-0.05, 0) is 24.5 Å². The van der Waals surface area contributed by atoms with E-state index in [1.165, 1.54) is 5.56 Å². The van der Waals surface area contributed by atoms with Crippen LogP contribution < -0.4 is 10.6 Å². The highest BCUT2D eigenvalue weighted by atomic mass is 16.5. The Hall–Kier alpha value is -1.39. The number of rotatable bonds is 1. The summed E-state index contributed by atoms with van der Waals surface area (Å²) < 4.78 is 5.31. The average Bonchev–Trinajstić information content (AvgIpc) is 2.90. The molecule has 1 amide bonds. The van der Waals surface area contributed by atoms with Crippen molar-refractivity contribution in [3.8, 4) is 0 Å². The Morgan fingerprint density at radius 1 is 1.39 bits per heavy atom. The third-order valence-electron chi connectivity index (χ3n) is 3.73. The zero-order chi connectivity index (χ0) is 12.5. The van der Waals surface area contributed by atoms with Crippen molar-refractivity contribution < 1.29 is 9.53 Å². The second-order valence-electron chi connectivity index (χ2n) is 5.10. The fourth-order valence-corrected chi connectivity index (χ4v) is 2.78. The number of para-hydroxylation sites is 1. The van der Waals surface area contributed by atoms with E-state index in [1.54, 1.807) is 0 Å². The number of carbonyl (C=O) groups excluding carboxylic acids is 1. The summed E-state index contributed by atoms with van der Waals surface area (Å²) >= 11 is 0. The normalized spacial score (nSPS) is 27.1. The molecule has 0 aliphatic carbocycles. The van der Waals surface area contributed by atoms with E-state index in [4.69, 9.17) is 10.5 Å². The maximum absolute atomic E-state index is 12.5. The predicted molar refractivity (Wildman–Crippen MR) is 69.4 cm³/mol. The van der Waals surface area contributed by atoms with Crippen LogP contribution in [-0.4, -0.2) is 31.7 Å². The second-order valence-corrected chi connectivity index (χ2v) is 5.10. The number of ether oxygens (including phenoxy) is 1. The molecule has 0 bridgehead atoms. The minimum Gasteiger partial charge on any atom is -0.381 e.